The Balaban J connectivity index is 2.46. The minimum absolute atomic E-state index is 0.01000. The molecule has 0 bridgehead atoms. The lowest BCUT2D eigenvalue weighted by Gasteiger charge is -2.14. The third-order valence-corrected chi connectivity index (χ3v) is 2.78. The van der Waals surface area contributed by atoms with Crippen molar-refractivity contribution in [3.8, 4) is 0 Å². The van der Waals surface area contributed by atoms with Crippen molar-refractivity contribution in [2.24, 2.45) is 0 Å². The van der Waals surface area contributed by atoms with Crippen molar-refractivity contribution < 1.29 is 10.2 Å². The summed E-state index contributed by atoms with van der Waals surface area (Å²) >= 11 is 7.15. The van der Waals surface area contributed by atoms with Crippen LogP contribution in [-0.4, -0.2) is 29.5 Å². The second-order valence-corrected chi connectivity index (χ2v) is 4.35. The summed E-state index contributed by atoms with van der Waals surface area (Å²) in [5.74, 6) is 0. The average Bonchev–Trinajstić information content (AvgIpc) is 2.50. The molecule has 0 aromatic carbocycles. The minimum Gasteiger partial charge on any atom is -0.396 e. The summed E-state index contributed by atoms with van der Waals surface area (Å²) in [5, 5.41) is 21.6. The standard InChI is InChI=1S/C8H12ClNO2S/c9-7-1-2-8(13-7)10-6(5-12)3-4-11/h1-2,6,10-12H,3-5H2. The van der Waals surface area contributed by atoms with Crippen LogP contribution >= 0.6 is 22.9 Å². The first-order valence-corrected chi connectivity index (χ1v) is 5.19. The normalized spacial score (nSPS) is 12.8. The summed E-state index contributed by atoms with van der Waals surface area (Å²) in [5.41, 5.74) is 0. The predicted octanol–water partition coefficient (Wildman–Crippen LogP) is 1.56. The highest BCUT2D eigenvalue weighted by atomic mass is 35.5. The van der Waals surface area contributed by atoms with Gasteiger partial charge in [-0.3, -0.25) is 0 Å². The fourth-order valence-electron chi connectivity index (χ4n) is 0.958. The van der Waals surface area contributed by atoms with Gasteiger partial charge in [0.2, 0.25) is 0 Å². The lowest BCUT2D eigenvalue weighted by molar-refractivity contribution is 0.229. The first-order valence-electron chi connectivity index (χ1n) is 4.00. The van der Waals surface area contributed by atoms with E-state index in [0.717, 1.165) is 5.00 Å². The largest absolute Gasteiger partial charge is 0.396 e. The molecule has 1 aromatic heterocycles. The first-order chi connectivity index (χ1) is 6.26. The Hall–Kier alpha value is -0.290. The topological polar surface area (TPSA) is 52.5 Å². The van der Waals surface area contributed by atoms with Crippen molar-refractivity contribution in [3.63, 3.8) is 0 Å². The smallest absolute Gasteiger partial charge is 0.0950 e. The molecule has 0 fully saturated rings. The van der Waals surface area contributed by atoms with Crippen molar-refractivity contribution in [2.45, 2.75) is 12.5 Å². The van der Waals surface area contributed by atoms with Gasteiger partial charge in [0.1, 0.15) is 0 Å². The van der Waals surface area contributed by atoms with E-state index in [-0.39, 0.29) is 19.3 Å². The molecule has 0 aliphatic carbocycles. The SMILES string of the molecule is OCCC(CO)Nc1ccc(Cl)s1. The third-order valence-electron chi connectivity index (χ3n) is 1.62. The molecular formula is C8H12ClNO2S. The molecular weight excluding hydrogens is 210 g/mol. The maximum Gasteiger partial charge on any atom is 0.0950 e. The molecule has 3 nitrogen and oxygen atoms in total. The van der Waals surface area contributed by atoms with Crippen LogP contribution in [0, 0.1) is 0 Å². The molecule has 1 atom stereocenters. The molecule has 0 radical (unpaired) electrons. The second kappa shape index (κ2) is 5.44. The van der Waals surface area contributed by atoms with Crippen molar-refractivity contribution >= 4 is 27.9 Å². The molecule has 5 heteroatoms. The van der Waals surface area contributed by atoms with Crippen LogP contribution in [-0.2, 0) is 0 Å². The lowest BCUT2D eigenvalue weighted by Crippen LogP contribution is -2.24. The fourth-order valence-corrected chi connectivity index (χ4v) is 1.98. The van der Waals surface area contributed by atoms with Crippen molar-refractivity contribution in [2.75, 3.05) is 18.5 Å². The van der Waals surface area contributed by atoms with E-state index in [1.54, 1.807) is 6.07 Å². The van der Waals surface area contributed by atoms with Gasteiger partial charge in [-0.2, -0.15) is 0 Å². The molecule has 0 saturated heterocycles. The van der Waals surface area contributed by atoms with Gasteiger partial charge >= 0.3 is 0 Å². The maximum atomic E-state index is 8.92. The monoisotopic (exact) mass is 221 g/mol. The van der Waals surface area contributed by atoms with Gasteiger partial charge in [0, 0.05) is 6.61 Å². The van der Waals surface area contributed by atoms with Crippen LogP contribution in [0.5, 0.6) is 0 Å². The molecule has 0 spiro atoms. The van der Waals surface area contributed by atoms with Crippen LogP contribution in [0.25, 0.3) is 0 Å². The Morgan fingerprint density at radius 3 is 2.69 bits per heavy atom. The highest BCUT2D eigenvalue weighted by molar-refractivity contribution is 7.19. The Kier molecular flexibility index (Phi) is 4.52. The molecule has 1 unspecified atom stereocenters. The van der Waals surface area contributed by atoms with Gasteiger partial charge in [0.25, 0.3) is 0 Å². The molecule has 1 rings (SSSR count). The Morgan fingerprint density at radius 2 is 2.23 bits per heavy atom. The van der Waals surface area contributed by atoms with E-state index in [2.05, 4.69) is 5.32 Å². The van der Waals surface area contributed by atoms with Gasteiger partial charge in [-0.25, -0.2) is 0 Å². The number of hydrogen-bond donors (Lipinski definition) is 3. The average molecular weight is 222 g/mol. The van der Waals surface area contributed by atoms with Crippen LogP contribution in [0.2, 0.25) is 4.34 Å². The zero-order valence-corrected chi connectivity index (χ0v) is 8.61. The second-order valence-electron chi connectivity index (χ2n) is 2.64. The van der Waals surface area contributed by atoms with E-state index in [9.17, 15) is 0 Å². The van der Waals surface area contributed by atoms with E-state index in [4.69, 9.17) is 21.8 Å². The van der Waals surface area contributed by atoms with Gasteiger partial charge < -0.3 is 15.5 Å². The number of thiophene rings is 1. The van der Waals surface area contributed by atoms with Crippen LogP contribution in [0.3, 0.4) is 0 Å². The zero-order valence-electron chi connectivity index (χ0n) is 7.03. The van der Waals surface area contributed by atoms with Crippen LogP contribution in [0.15, 0.2) is 12.1 Å². The minimum atomic E-state index is -0.0975. The molecule has 1 aromatic rings. The summed E-state index contributed by atoms with van der Waals surface area (Å²) < 4.78 is 0.711. The molecule has 1 heterocycles. The lowest BCUT2D eigenvalue weighted by atomic mass is 10.2. The zero-order chi connectivity index (χ0) is 9.68. The molecule has 0 aliphatic rings. The van der Waals surface area contributed by atoms with E-state index in [1.165, 1.54) is 11.3 Å². The van der Waals surface area contributed by atoms with E-state index < -0.39 is 0 Å². The van der Waals surface area contributed by atoms with Crippen LogP contribution in [0.1, 0.15) is 6.42 Å². The molecule has 3 N–H and O–H groups in total. The van der Waals surface area contributed by atoms with Crippen LogP contribution < -0.4 is 5.32 Å². The van der Waals surface area contributed by atoms with Crippen molar-refractivity contribution in [1.82, 2.24) is 0 Å². The van der Waals surface area contributed by atoms with Gasteiger partial charge in [0.05, 0.1) is 22.0 Å². The number of halogens is 1. The summed E-state index contributed by atoms with van der Waals surface area (Å²) in [6.45, 7) is 0.0768. The molecule has 74 valence electrons. The van der Waals surface area contributed by atoms with Crippen molar-refractivity contribution in [3.05, 3.63) is 16.5 Å². The summed E-state index contributed by atoms with van der Waals surface area (Å²) in [4.78, 5) is 0. The third kappa shape index (κ3) is 3.52. The van der Waals surface area contributed by atoms with E-state index in [0.29, 0.717) is 10.8 Å². The van der Waals surface area contributed by atoms with E-state index >= 15 is 0 Å². The fraction of sp³-hybridized carbons (Fsp3) is 0.500. The number of anilines is 1. The quantitative estimate of drug-likeness (QED) is 0.707. The van der Waals surface area contributed by atoms with Crippen LogP contribution in [0.4, 0.5) is 5.00 Å². The predicted molar refractivity (Wildman–Crippen MR) is 55.5 cm³/mol. The molecule has 0 aliphatic heterocycles. The van der Waals surface area contributed by atoms with Gasteiger partial charge in [-0.15, -0.1) is 11.3 Å². The number of aliphatic hydroxyl groups is 2. The highest BCUT2D eigenvalue weighted by Crippen LogP contribution is 2.26. The van der Waals surface area contributed by atoms with Gasteiger partial charge in [-0.1, -0.05) is 11.6 Å². The van der Waals surface area contributed by atoms with Gasteiger partial charge in [0.15, 0.2) is 0 Å². The first kappa shape index (κ1) is 10.8. The highest BCUT2D eigenvalue weighted by Gasteiger charge is 2.07. The van der Waals surface area contributed by atoms with Gasteiger partial charge in [-0.05, 0) is 18.6 Å². The Morgan fingerprint density at radius 1 is 1.46 bits per heavy atom. The number of rotatable bonds is 5. The summed E-state index contributed by atoms with van der Waals surface area (Å²) in [7, 11) is 0. The molecule has 13 heavy (non-hydrogen) atoms. The summed E-state index contributed by atoms with van der Waals surface area (Å²) in [6.07, 6.45) is 0.534. The number of aliphatic hydroxyl groups excluding tert-OH is 2. The Labute approximate surface area is 86.0 Å². The van der Waals surface area contributed by atoms with Crippen molar-refractivity contribution in [1.29, 1.82) is 0 Å². The van der Waals surface area contributed by atoms with E-state index in [1.807, 2.05) is 6.07 Å². The number of nitrogens with one attached hydrogen (secondary N) is 1. The number of hydrogen-bond acceptors (Lipinski definition) is 4. The molecule has 0 amide bonds. The Bertz CT molecular complexity index is 254. The maximum absolute atomic E-state index is 8.92. The summed E-state index contributed by atoms with van der Waals surface area (Å²) in [6, 6.07) is 3.55. The molecule has 0 saturated carbocycles.